The lowest BCUT2D eigenvalue weighted by atomic mass is 10.2. The third-order valence-electron chi connectivity index (χ3n) is 4.75. The summed E-state index contributed by atoms with van der Waals surface area (Å²) in [5, 5.41) is 2.70. The van der Waals surface area contributed by atoms with Gasteiger partial charge in [0.05, 0.1) is 36.6 Å². The highest BCUT2D eigenvalue weighted by molar-refractivity contribution is 6.04. The van der Waals surface area contributed by atoms with Crippen LogP contribution in [0.3, 0.4) is 0 Å². The molecule has 170 valence electrons. The maximum atomic E-state index is 12.8. The highest BCUT2D eigenvalue weighted by Crippen LogP contribution is 2.28. The van der Waals surface area contributed by atoms with E-state index in [0.29, 0.717) is 22.9 Å². The van der Waals surface area contributed by atoms with E-state index in [-0.39, 0.29) is 23.6 Å². The summed E-state index contributed by atoms with van der Waals surface area (Å²) in [7, 11) is 0. The van der Waals surface area contributed by atoms with Crippen molar-refractivity contribution in [3.63, 3.8) is 0 Å². The number of nitrogens with one attached hydrogen (secondary N) is 1. The number of likely N-dealkylation sites (tertiary alicyclic amines) is 1. The molecule has 1 saturated heterocycles. The van der Waals surface area contributed by atoms with E-state index in [0.717, 1.165) is 25.2 Å². The molecule has 1 aliphatic heterocycles. The fourth-order valence-corrected chi connectivity index (χ4v) is 3.03. The molecule has 0 atom stereocenters. The van der Waals surface area contributed by atoms with Gasteiger partial charge in [-0.1, -0.05) is 0 Å². The summed E-state index contributed by atoms with van der Waals surface area (Å²) in [5.41, 5.74) is 1.32. The average Bonchev–Trinajstić information content (AvgIpc) is 2.74. The SMILES string of the molecule is Cc1cnc(NC(=O)c2cc(Oc3cnc(C(=O)N4CCC4)cn3)cc(OC(C)C)c2)cn1. The molecule has 10 heteroatoms. The number of carbonyl (C=O) groups excluding carboxylic acids is 2. The summed E-state index contributed by atoms with van der Waals surface area (Å²) < 4.78 is 11.6. The zero-order valence-corrected chi connectivity index (χ0v) is 18.6. The molecule has 1 aliphatic rings. The number of nitrogens with zero attached hydrogens (tertiary/aromatic N) is 5. The van der Waals surface area contributed by atoms with Crippen LogP contribution in [0, 0.1) is 6.92 Å². The topological polar surface area (TPSA) is 119 Å². The van der Waals surface area contributed by atoms with Crippen molar-refractivity contribution in [1.29, 1.82) is 0 Å². The van der Waals surface area contributed by atoms with Crippen molar-refractivity contribution in [3.8, 4) is 17.4 Å². The van der Waals surface area contributed by atoms with Crippen molar-refractivity contribution in [2.24, 2.45) is 0 Å². The van der Waals surface area contributed by atoms with Crippen LogP contribution < -0.4 is 14.8 Å². The number of rotatable bonds is 7. The molecule has 2 amide bonds. The van der Waals surface area contributed by atoms with E-state index in [2.05, 4.69) is 25.3 Å². The van der Waals surface area contributed by atoms with E-state index in [1.54, 1.807) is 29.3 Å². The number of aromatic nitrogens is 4. The van der Waals surface area contributed by atoms with Crippen molar-refractivity contribution in [3.05, 3.63) is 59.9 Å². The molecule has 3 heterocycles. The summed E-state index contributed by atoms with van der Waals surface area (Å²) in [6, 6.07) is 4.83. The van der Waals surface area contributed by atoms with Gasteiger partial charge in [0.15, 0.2) is 5.82 Å². The van der Waals surface area contributed by atoms with Crippen LogP contribution in [-0.4, -0.2) is 55.8 Å². The molecule has 0 aliphatic carbocycles. The largest absolute Gasteiger partial charge is 0.491 e. The van der Waals surface area contributed by atoms with Crippen molar-refractivity contribution in [1.82, 2.24) is 24.8 Å². The molecule has 1 N–H and O–H groups in total. The minimum absolute atomic E-state index is 0.106. The summed E-state index contributed by atoms with van der Waals surface area (Å²) in [5.74, 6) is 0.772. The number of hydrogen-bond acceptors (Lipinski definition) is 8. The van der Waals surface area contributed by atoms with Crippen molar-refractivity contribution in [2.75, 3.05) is 18.4 Å². The first-order chi connectivity index (χ1) is 15.9. The van der Waals surface area contributed by atoms with Crippen molar-refractivity contribution in [2.45, 2.75) is 33.3 Å². The Morgan fingerprint density at radius 3 is 2.36 bits per heavy atom. The Hall–Kier alpha value is -4.08. The van der Waals surface area contributed by atoms with Crippen LogP contribution in [0.5, 0.6) is 17.4 Å². The smallest absolute Gasteiger partial charge is 0.274 e. The first-order valence-corrected chi connectivity index (χ1v) is 10.6. The summed E-state index contributed by atoms with van der Waals surface area (Å²) in [4.78, 5) is 43.4. The molecule has 0 bridgehead atoms. The van der Waals surface area contributed by atoms with Crippen molar-refractivity contribution < 1.29 is 19.1 Å². The standard InChI is InChI=1S/C23H24N6O4/c1-14(2)32-17-7-16(22(30)28-20-12-24-15(3)10-26-20)8-18(9-17)33-21-13-25-19(11-27-21)23(31)29-5-4-6-29/h7-14H,4-6H2,1-3H3,(H,26,28,30). The fourth-order valence-electron chi connectivity index (χ4n) is 3.03. The molecule has 33 heavy (non-hydrogen) atoms. The maximum Gasteiger partial charge on any atom is 0.274 e. The quantitative estimate of drug-likeness (QED) is 0.585. The molecule has 10 nitrogen and oxygen atoms in total. The highest BCUT2D eigenvalue weighted by atomic mass is 16.5. The van der Waals surface area contributed by atoms with Gasteiger partial charge in [0.2, 0.25) is 5.88 Å². The molecule has 0 radical (unpaired) electrons. The number of benzene rings is 1. The molecular formula is C23H24N6O4. The Labute approximate surface area is 191 Å². The minimum Gasteiger partial charge on any atom is -0.491 e. The highest BCUT2D eigenvalue weighted by Gasteiger charge is 2.23. The maximum absolute atomic E-state index is 12.8. The molecule has 4 rings (SSSR count). The Bertz CT molecular complexity index is 1140. The third kappa shape index (κ3) is 5.59. The van der Waals surface area contributed by atoms with Crippen LogP contribution >= 0.6 is 0 Å². The fraction of sp³-hybridized carbons (Fsp3) is 0.304. The van der Waals surface area contributed by atoms with Gasteiger partial charge in [-0.05, 0) is 39.3 Å². The van der Waals surface area contributed by atoms with Gasteiger partial charge < -0.3 is 19.7 Å². The molecular weight excluding hydrogens is 424 g/mol. The van der Waals surface area contributed by atoms with Crippen LogP contribution in [0.15, 0.2) is 43.0 Å². The Morgan fingerprint density at radius 1 is 0.970 bits per heavy atom. The van der Waals surface area contributed by atoms with E-state index < -0.39 is 5.91 Å². The van der Waals surface area contributed by atoms with Gasteiger partial charge in [-0.15, -0.1) is 0 Å². The van der Waals surface area contributed by atoms with Crippen LogP contribution in [0.2, 0.25) is 0 Å². The predicted octanol–water partition coefficient (Wildman–Crippen LogP) is 3.25. The van der Waals surface area contributed by atoms with Crippen LogP contribution in [0.25, 0.3) is 0 Å². The lowest BCUT2D eigenvalue weighted by molar-refractivity contribution is 0.0645. The zero-order valence-electron chi connectivity index (χ0n) is 18.6. The van der Waals surface area contributed by atoms with Crippen LogP contribution in [0.4, 0.5) is 5.82 Å². The van der Waals surface area contributed by atoms with Gasteiger partial charge in [0.1, 0.15) is 17.2 Å². The summed E-state index contributed by atoms with van der Waals surface area (Å²) in [6.07, 6.45) is 6.71. The first-order valence-electron chi connectivity index (χ1n) is 10.6. The van der Waals surface area contributed by atoms with Crippen LogP contribution in [-0.2, 0) is 0 Å². The second kappa shape index (κ2) is 9.60. The number of ether oxygens (including phenoxy) is 2. The van der Waals surface area contributed by atoms with E-state index in [9.17, 15) is 9.59 Å². The molecule has 2 aromatic heterocycles. The first kappa shape index (κ1) is 22.1. The second-order valence-electron chi connectivity index (χ2n) is 7.84. The summed E-state index contributed by atoms with van der Waals surface area (Å²) >= 11 is 0. The van der Waals surface area contributed by atoms with Gasteiger partial charge >= 0.3 is 0 Å². The van der Waals surface area contributed by atoms with Gasteiger partial charge in [0.25, 0.3) is 11.8 Å². The van der Waals surface area contributed by atoms with Crippen LogP contribution in [0.1, 0.15) is 46.8 Å². The monoisotopic (exact) mass is 448 g/mol. The Balaban J connectivity index is 1.53. The molecule has 1 aromatic carbocycles. The van der Waals surface area contributed by atoms with Crippen molar-refractivity contribution >= 4 is 17.6 Å². The van der Waals surface area contributed by atoms with E-state index >= 15 is 0 Å². The molecule has 0 saturated carbocycles. The number of hydrogen-bond donors (Lipinski definition) is 1. The lowest BCUT2D eigenvalue weighted by Crippen LogP contribution is -2.42. The molecule has 1 fully saturated rings. The second-order valence-corrected chi connectivity index (χ2v) is 7.84. The molecule has 3 aromatic rings. The normalized spacial score (nSPS) is 12.8. The van der Waals surface area contributed by atoms with Gasteiger partial charge in [-0.2, -0.15) is 0 Å². The van der Waals surface area contributed by atoms with Gasteiger partial charge in [-0.25, -0.2) is 15.0 Å². The minimum atomic E-state index is -0.395. The van der Waals surface area contributed by atoms with Gasteiger partial charge in [0, 0.05) is 24.7 Å². The zero-order chi connectivity index (χ0) is 23.4. The number of amides is 2. The average molecular weight is 448 g/mol. The Kier molecular flexibility index (Phi) is 6.43. The van der Waals surface area contributed by atoms with E-state index in [1.807, 2.05) is 20.8 Å². The molecule has 0 unspecified atom stereocenters. The van der Waals surface area contributed by atoms with Gasteiger partial charge in [-0.3, -0.25) is 14.6 Å². The molecule has 0 spiro atoms. The number of carbonyl (C=O) groups is 2. The Morgan fingerprint density at radius 2 is 1.76 bits per heavy atom. The number of anilines is 1. The third-order valence-corrected chi connectivity index (χ3v) is 4.75. The number of aryl methyl sites for hydroxylation is 1. The van der Waals surface area contributed by atoms with E-state index in [1.165, 1.54) is 18.6 Å². The summed E-state index contributed by atoms with van der Waals surface area (Å²) in [6.45, 7) is 7.05. The lowest BCUT2D eigenvalue weighted by Gasteiger charge is -2.30. The predicted molar refractivity (Wildman–Crippen MR) is 120 cm³/mol. The van der Waals surface area contributed by atoms with E-state index in [4.69, 9.17) is 9.47 Å².